The van der Waals surface area contributed by atoms with Crippen molar-refractivity contribution < 1.29 is 4.74 Å². The number of pyridine rings is 1. The molecule has 0 aliphatic rings. The Labute approximate surface area is 137 Å². The molecule has 0 saturated carbocycles. The van der Waals surface area contributed by atoms with Crippen LogP contribution in [0.4, 0.5) is 5.69 Å². The van der Waals surface area contributed by atoms with Gasteiger partial charge in [0.15, 0.2) is 4.80 Å². The standard InChI is InChI=1S/C17H17N3O2S/c1-11(2)20-16(21)12-7-6-10-18-15(12)23-17(20)19-13-8-4-5-9-14(13)22-3/h4-11H,1-3H3. The van der Waals surface area contributed by atoms with Crippen LogP contribution in [0.1, 0.15) is 19.9 Å². The number of rotatable bonds is 3. The van der Waals surface area contributed by atoms with Crippen molar-refractivity contribution in [3.8, 4) is 5.75 Å². The van der Waals surface area contributed by atoms with Crippen molar-refractivity contribution in [3.05, 3.63) is 57.8 Å². The summed E-state index contributed by atoms with van der Waals surface area (Å²) in [7, 11) is 1.61. The maximum atomic E-state index is 12.8. The molecule has 118 valence electrons. The molecular formula is C17H17N3O2S. The second-order valence-corrected chi connectivity index (χ2v) is 6.25. The molecule has 0 unspecified atom stereocenters. The van der Waals surface area contributed by atoms with Crippen LogP contribution in [-0.2, 0) is 0 Å². The van der Waals surface area contributed by atoms with Crippen molar-refractivity contribution in [2.75, 3.05) is 7.11 Å². The molecule has 5 nitrogen and oxygen atoms in total. The number of aromatic nitrogens is 2. The minimum Gasteiger partial charge on any atom is -0.494 e. The number of benzene rings is 1. The fourth-order valence-electron chi connectivity index (χ4n) is 2.34. The van der Waals surface area contributed by atoms with Crippen LogP contribution in [0.2, 0.25) is 0 Å². The Morgan fingerprint density at radius 3 is 2.74 bits per heavy atom. The highest BCUT2D eigenvalue weighted by Crippen LogP contribution is 2.26. The van der Waals surface area contributed by atoms with E-state index in [1.165, 1.54) is 11.3 Å². The van der Waals surface area contributed by atoms with E-state index in [0.717, 1.165) is 0 Å². The highest BCUT2D eigenvalue weighted by atomic mass is 32.1. The van der Waals surface area contributed by atoms with Gasteiger partial charge in [-0.25, -0.2) is 9.98 Å². The molecule has 3 aromatic rings. The van der Waals surface area contributed by atoms with Crippen LogP contribution in [0.3, 0.4) is 0 Å². The van der Waals surface area contributed by atoms with Crippen LogP contribution < -0.4 is 15.1 Å². The smallest absolute Gasteiger partial charge is 0.263 e. The lowest BCUT2D eigenvalue weighted by atomic mass is 10.3. The van der Waals surface area contributed by atoms with Gasteiger partial charge in [0.2, 0.25) is 0 Å². The fourth-order valence-corrected chi connectivity index (χ4v) is 3.43. The van der Waals surface area contributed by atoms with E-state index < -0.39 is 0 Å². The van der Waals surface area contributed by atoms with Crippen LogP contribution in [0.25, 0.3) is 10.2 Å². The summed E-state index contributed by atoms with van der Waals surface area (Å²) in [6, 6.07) is 11.1. The second kappa shape index (κ2) is 6.34. The molecule has 0 radical (unpaired) electrons. The van der Waals surface area contributed by atoms with Gasteiger partial charge in [-0.1, -0.05) is 23.5 Å². The monoisotopic (exact) mass is 327 g/mol. The first-order valence-corrected chi connectivity index (χ1v) is 8.11. The summed E-state index contributed by atoms with van der Waals surface area (Å²) in [5.74, 6) is 0.670. The molecule has 0 atom stereocenters. The molecule has 0 aliphatic heterocycles. The van der Waals surface area contributed by atoms with Crippen molar-refractivity contribution in [2.45, 2.75) is 19.9 Å². The molecule has 3 rings (SSSR count). The normalized spacial score (nSPS) is 12.1. The Kier molecular flexibility index (Phi) is 4.25. The topological polar surface area (TPSA) is 56.5 Å². The summed E-state index contributed by atoms with van der Waals surface area (Å²) < 4.78 is 7.04. The van der Waals surface area contributed by atoms with Gasteiger partial charge in [-0.05, 0) is 38.1 Å². The van der Waals surface area contributed by atoms with E-state index in [4.69, 9.17) is 4.74 Å². The van der Waals surface area contributed by atoms with Crippen molar-refractivity contribution in [3.63, 3.8) is 0 Å². The number of methoxy groups -OCH3 is 1. The minimum absolute atomic E-state index is 0.00295. The molecule has 0 amide bonds. The van der Waals surface area contributed by atoms with Crippen LogP contribution in [0.5, 0.6) is 5.75 Å². The average molecular weight is 327 g/mol. The summed E-state index contributed by atoms with van der Waals surface area (Å²) >= 11 is 1.40. The number of hydrogen-bond donors (Lipinski definition) is 0. The first-order valence-electron chi connectivity index (χ1n) is 7.30. The zero-order chi connectivity index (χ0) is 16.4. The molecule has 6 heteroatoms. The van der Waals surface area contributed by atoms with Crippen LogP contribution in [-0.4, -0.2) is 16.7 Å². The SMILES string of the molecule is COc1ccccc1N=c1sc2ncccc2c(=O)n1C(C)C. The lowest BCUT2D eigenvalue weighted by Crippen LogP contribution is -2.33. The number of fused-ring (bicyclic) bond motifs is 1. The van der Waals surface area contributed by atoms with Gasteiger partial charge in [0.25, 0.3) is 5.56 Å². The van der Waals surface area contributed by atoms with E-state index >= 15 is 0 Å². The largest absolute Gasteiger partial charge is 0.494 e. The quantitative estimate of drug-likeness (QED) is 0.742. The maximum Gasteiger partial charge on any atom is 0.263 e. The third-order valence-corrected chi connectivity index (χ3v) is 4.42. The molecular weight excluding hydrogens is 310 g/mol. The molecule has 23 heavy (non-hydrogen) atoms. The Balaban J connectivity index is 2.38. The van der Waals surface area contributed by atoms with Gasteiger partial charge in [-0.15, -0.1) is 0 Å². The molecule has 0 aliphatic carbocycles. The molecule has 2 aromatic heterocycles. The van der Waals surface area contributed by atoms with Gasteiger partial charge in [0.05, 0.1) is 12.5 Å². The number of ether oxygens (including phenoxy) is 1. The van der Waals surface area contributed by atoms with E-state index in [2.05, 4.69) is 9.98 Å². The van der Waals surface area contributed by atoms with E-state index in [-0.39, 0.29) is 11.6 Å². The van der Waals surface area contributed by atoms with E-state index in [1.807, 2.05) is 38.1 Å². The molecule has 0 N–H and O–H groups in total. The van der Waals surface area contributed by atoms with Gasteiger partial charge < -0.3 is 4.74 Å². The second-order valence-electron chi connectivity index (χ2n) is 5.29. The zero-order valence-corrected chi connectivity index (χ0v) is 14.0. The Morgan fingerprint density at radius 1 is 1.22 bits per heavy atom. The first kappa shape index (κ1) is 15.4. The van der Waals surface area contributed by atoms with Gasteiger partial charge in [-0.3, -0.25) is 9.36 Å². The highest BCUT2D eigenvalue weighted by molar-refractivity contribution is 7.15. The van der Waals surface area contributed by atoms with Gasteiger partial charge in [-0.2, -0.15) is 0 Å². The summed E-state index contributed by atoms with van der Waals surface area (Å²) in [5.41, 5.74) is 0.617. The number of nitrogens with zero attached hydrogens (tertiary/aromatic N) is 3. The number of para-hydroxylation sites is 2. The van der Waals surface area contributed by atoms with Crippen LogP contribution in [0, 0.1) is 0 Å². The molecule has 1 aromatic carbocycles. The van der Waals surface area contributed by atoms with Gasteiger partial charge >= 0.3 is 0 Å². The summed E-state index contributed by atoms with van der Waals surface area (Å²) in [4.78, 5) is 23.0. The van der Waals surface area contributed by atoms with E-state index in [1.54, 1.807) is 30.0 Å². The van der Waals surface area contributed by atoms with Gasteiger partial charge in [0.1, 0.15) is 16.3 Å². The van der Waals surface area contributed by atoms with Crippen LogP contribution in [0.15, 0.2) is 52.4 Å². The Bertz CT molecular complexity index is 973. The lowest BCUT2D eigenvalue weighted by Gasteiger charge is -2.11. The third kappa shape index (κ3) is 2.90. The summed E-state index contributed by atoms with van der Waals surface area (Å²) in [6.45, 7) is 3.94. The first-order chi connectivity index (χ1) is 11.1. The van der Waals surface area contributed by atoms with Gasteiger partial charge in [0, 0.05) is 12.2 Å². The fraction of sp³-hybridized carbons (Fsp3) is 0.235. The highest BCUT2D eigenvalue weighted by Gasteiger charge is 2.11. The number of hydrogen-bond acceptors (Lipinski definition) is 5. The molecule has 0 bridgehead atoms. The van der Waals surface area contributed by atoms with E-state index in [9.17, 15) is 4.79 Å². The zero-order valence-electron chi connectivity index (χ0n) is 13.2. The molecule has 2 heterocycles. The van der Waals surface area contributed by atoms with Crippen molar-refractivity contribution in [2.24, 2.45) is 4.99 Å². The minimum atomic E-state index is -0.0736. The predicted molar refractivity (Wildman–Crippen MR) is 92.5 cm³/mol. The van der Waals surface area contributed by atoms with E-state index in [0.29, 0.717) is 26.5 Å². The summed E-state index contributed by atoms with van der Waals surface area (Å²) in [5, 5.41) is 0.616. The molecule has 0 fully saturated rings. The lowest BCUT2D eigenvalue weighted by molar-refractivity contribution is 0.416. The molecule has 0 saturated heterocycles. The predicted octanol–water partition coefficient (Wildman–Crippen LogP) is 3.28. The van der Waals surface area contributed by atoms with Crippen molar-refractivity contribution in [1.82, 2.24) is 9.55 Å². The van der Waals surface area contributed by atoms with Crippen molar-refractivity contribution >= 4 is 27.2 Å². The van der Waals surface area contributed by atoms with Crippen molar-refractivity contribution in [1.29, 1.82) is 0 Å². The maximum absolute atomic E-state index is 12.8. The average Bonchev–Trinajstić information content (AvgIpc) is 2.55. The summed E-state index contributed by atoms with van der Waals surface area (Å²) in [6.07, 6.45) is 1.69. The third-order valence-electron chi connectivity index (χ3n) is 3.43. The van der Waals surface area contributed by atoms with Crippen LogP contribution >= 0.6 is 11.3 Å². The molecule has 0 spiro atoms. The Morgan fingerprint density at radius 2 is 2.00 bits per heavy atom. The Hall–Kier alpha value is -2.47.